The molecular weight excluding hydrogens is 286 g/mol. The average molecular weight is 303 g/mol. The van der Waals surface area contributed by atoms with Gasteiger partial charge in [0.05, 0.1) is 11.6 Å². The number of hydrogen-bond acceptors (Lipinski definition) is 5. The number of nitrogens with one attached hydrogen (secondary N) is 1. The molecule has 1 aromatic carbocycles. The summed E-state index contributed by atoms with van der Waals surface area (Å²) in [7, 11) is 0. The van der Waals surface area contributed by atoms with Crippen molar-refractivity contribution in [2.24, 2.45) is 5.92 Å². The van der Waals surface area contributed by atoms with Crippen LogP contribution in [0.25, 0.3) is 5.69 Å². The van der Waals surface area contributed by atoms with Crippen molar-refractivity contribution in [3.05, 3.63) is 36.2 Å². The minimum absolute atomic E-state index is 0.122. The van der Waals surface area contributed by atoms with Crippen LogP contribution in [0, 0.1) is 5.92 Å². The van der Waals surface area contributed by atoms with Crippen molar-refractivity contribution in [1.82, 2.24) is 25.5 Å². The molecule has 2 N–H and O–H groups in total. The van der Waals surface area contributed by atoms with E-state index in [4.69, 9.17) is 5.11 Å². The minimum atomic E-state index is -0.892. The van der Waals surface area contributed by atoms with Crippen LogP contribution in [0.1, 0.15) is 30.1 Å². The fourth-order valence-corrected chi connectivity index (χ4v) is 2.02. The zero-order valence-electron chi connectivity index (χ0n) is 12.1. The summed E-state index contributed by atoms with van der Waals surface area (Å²) in [5.41, 5.74) is 1.19. The summed E-state index contributed by atoms with van der Waals surface area (Å²) in [5, 5.41) is 22.5. The van der Waals surface area contributed by atoms with Gasteiger partial charge in [-0.1, -0.05) is 13.3 Å². The normalized spacial score (nSPS) is 11.9. The molecule has 8 nitrogen and oxygen atoms in total. The molecule has 0 bridgehead atoms. The maximum atomic E-state index is 12.0. The quantitative estimate of drug-likeness (QED) is 0.786. The van der Waals surface area contributed by atoms with E-state index in [9.17, 15) is 9.59 Å². The molecule has 0 spiro atoms. The number of amides is 1. The number of benzene rings is 1. The fraction of sp³-hybridized carbons (Fsp3) is 0.357. The van der Waals surface area contributed by atoms with Crippen LogP contribution in [-0.4, -0.2) is 43.7 Å². The lowest BCUT2D eigenvalue weighted by Crippen LogP contribution is -2.32. The summed E-state index contributed by atoms with van der Waals surface area (Å²) in [6, 6.07) is 6.71. The van der Waals surface area contributed by atoms with Crippen molar-refractivity contribution in [3.63, 3.8) is 0 Å². The molecule has 8 heteroatoms. The maximum absolute atomic E-state index is 12.0. The highest BCUT2D eigenvalue weighted by atomic mass is 16.4. The third-order valence-corrected chi connectivity index (χ3v) is 3.24. The number of carboxylic acids is 1. The van der Waals surface area contributed by atoms with Gasteiger partial charge in [0.1, 0.15) is 6.33 Å². The third-order valence-electron chi connectivity index (χ3n) is 3.24. The molecule has 0 radical (unpaired) electrons. The van der Waals surface area contributed by atoms with Gasteiger partial charge in [-0.25, -0.2) is 4.68 Å². The first kappa shape index (κ1) is 15.6. The van der Waals surface area contributed by atoms with E-state index in [0.29, 0.717) is 12.0 Å². The van der Waals surface area contributed by atoms with Crippen LogP contribution in [0.4, 0.5) is 0 Å². The van der Waals surface area contributed by atoms with E-state index in [1.165, 1.54) is 11.0 Å². The molecule has 0 fully saturated rings. The molecule has 0 saturated heterocycles. The van der Waals surface area contributed by atoms with Gasteiger partial charge in [-0.2, -0.15) is 0 Å². The number of nitrogens with zero attached hydrogens (tertiary/aromatic N) is 4. The second-order valence-corrected chi connectivity index (χ2v) is 4.84. The van der Waals surface area contributed by atoms with Gasteiger partial charge in [-0.05, 0) is 41.1 Å². The van der Waals surface area contributed by atoms with E-state index < -0.39 is 11.9 Å². The second kappa shape index (κ2) is 7.30. The first-order valence-electron chi connectivity index (χ1n) is 6.96. The zero-order chi connectivity index (χ0) is 15.9. The van der Waals surface area contributed by atoms with E-state index in [1.807, 2.05) is 6.92 Å². The Kier molecular flexibility index (Phi) is 5.18. The molecule has 1 unspecified atom stereocenters. The van der Waals surface area contributed by atoms with E-state index >= 15 is 0 Å². The van der Waals surface area contributed by atoms with Crippen molar-refractivity contribution in [2.75, 3.05) is 6.54 Å². The van der Waals surface area contributed by atoms with Gasteiger partial charge in [0.15, 0.2) is 0 Å². The Hall–Kier alpha value is -2.77. The van der Waals surface area contributed by atoms with Gasteiger partial charge in [0.2, 0.25) is 0 Å². The van der Waals surface area contributed by atoms with Gasteiger partial charge < -0.3 is 10.4 Å². The highest BCUT2D eigenvalue weighted by molar-refractivity contribution is 5.94. The number of aliphatic carboxylic acids is 1. The van der Waals surface area contributed by atoms with Crippen molar-refractivity contribution in [2.45, 2.75) is 19.8 Å². The molecule has 2 rings (SSSR count). The van der Waals surface area contributed by atoms with Crippen molar-refractivity contribution >= 4 is 11.9 Å². The average Bonchev–Trinajstić information content (AvgIpc) is 3.05. The minimum Gasteiger partial charge on any atom is -0.481 e. The number of carbonyl (C=O) groups excluding carboxylic acids is 1. The predicted molar refractivity (Wildman–Crippen MR) is 77.5 cm³/mol. The smallest absolute Gasteiger partial charge is 0.308 e. The molecule has 2 aromatic rings. The standard InChI is InChI=1S/C14H17N5O3/c1-2-3-11(14(21)22)8-15-13(20)10-4-6-12(7-5-10)19-9-16-17-18-19/h4-7,9,11H,2-3,8H2,1H3,(H,15,20)(H,21,22). The molecule has 0 aliphatic carbocycles. The van der Waals surface area contributed by atoms with E-state index in [0.717, 1.165) is 12.1 Å². The molecule has 1 heterocycles. The lowest BCUT2D eigenvalue weighted by atomic mass is 10.0. The van der Waals surface area contributed by atoms with Crippen LogP contribution in [0.3, 0.4) is 0 Å². The van der Waals surface area contributed by atoms with Crippen molar-refractivity contribution in [3.8, 4) is 5.69 Å². The van der Waals surface area contributed by atoms with E-state index in [1.54, 1.807) is 24.3 Å². The van der Waals surface area contributed by atoms with Crippen LogP contribution in [0.5, 0.6) is 0 Å². The maximum Gasteiger partial charge on any atom is 0.308 e. The van der Waals surface area contributed by atoms with E-state index in [2.05, 4.69) is 20.8 Å². The highest BCUT2D eigenvalue weighted by Crippen LogP contribution is 2.09. The summed E-state index contributed by atoms with van der Waals surface area (Å²) in [4.78, 5) is 23.1. The van der Waals surface area contributed by atoms with Gasteiger partial charge in [0.25, 0.3) is 5.91 Å². The molecule has 116 valence electrons. The molecule has 0 saturated carbocycles. The van der Waals surface area contributed by atoms with Crippen molar-refractivity contribution < 1.29 is 14.7 Å². The first-order chi connectivity index (χ1) is 10.6. The van der Waals surface area contributed by atoms with Crippen LogP contribution < -0.4 is 5.32 Å². The molecule has 0 aliphatic rings. The lowest BCUT2D eigenvalue weighted by molar-refractivity contribution is -0.141. The van der Waals surface area contributed by atoms with Crippen LogP contribution in [0.15, 0.2) is 30.6 Å². The third kappa shape index (κ3) is 3.87. The van der Waals surface area contributed by atoms with Gasteiger partial charge in [-0.15, -0.1) is 5.10 Å². The molecule has 0 aliphatic heterocycles. The Balaban J connectivity index is 1.96. The summed E-state index contributed by atoms with van der Waals surface area (Å²) in [6.07, 6.45) is 2.75. The Labute approximate surface area is 127 Å². The monoisotopic (exact) mass is 303 g/mol. The van der Waals surface area contributed by atoms with E-state index in [-0.39, 0.29) is 12.5 Å². The summed E-state index contributed by atoms with van der Waals surface area (Å²) in [5.74, 6) is -1.75. The van der Waals surface area contributed by atoms with Crippen LogP contribution in [0.2, 0.25) is 0 Å². The van der Waals surface area contributed by atoms with Crippen molar-refractivity contribution in [1.29, 1.82) is 0 Å². The molecular formula is C14H17N5O3. The Bertz CT molecular complexity index is 624. The summed E-state index contributed by atoms with van der Waals surface area (Å²) in [6.45, 7) is 2.03. The SMILES string of the molecule is CCCC(CNC(=O)c1ccc(-n2cnnn2)cc1)C(=O)O. The largest absolute Gasteiger partial charge is 0.481 e. The highest BCUT2D eigenvalue weighted by Gasteiger charge is 2.17. The second-order valence-electron chi connectivity index (χ2n) is 4.84. The number of rotatable bonds is 7. The van der Waals surface area contributed by atoms with Crippen LogP contribution >= 0.6 is 0 Å². The molecule has 1 aromatic heterocycles. The van der Waals surface area contributed by atoms with Gasteiger partial charge >= 0.3 is 5.97 Å². The van der Waals surface area contributed by atoms with Crippen LogP contribution in [-0.2, 0) is 4.79 Å². The molecule has 22 heavy (non-hydrogen) atoms. The Morgan fingerprint density at radius 3 is 2.59 bits per heavy atom. The summed E-state index contributed by atoms with van der Waals surface area (Å²) < 4.78 is 1.48. The predicted octanol–water partition coefficient (Wildman–Crippen LogP) is 0.893. The summed E-state index contributed by atoms with van der Waals surface area (Å²) >= 11 is 0. The molecule has 1 atom stereocenters. The van der Waals surface area contributed by atoms with Gasteiger partial charge in [0, 0.05) is 12.1 Å². The van der Waals surface area contributed by atoms with Gasteiger partial charge in [-0.3, -0.25) is 9.59 Å². The molecule has 1 amide bonds. The Morgan fingerprint density at radius 2 is 2.05 bits per heavy atom. The fourth-order valence-electron chi connectivity index (χ4n) is 2.02. The number of tetrazole rings is 1. The number of carbonyl (C=O) groups is 2. The number of aromatic nitrogens is 4. The number of hydrogen-bond donors (Lipinski definition) is 2. The Morgan fingerprint density at radius 1 is 1.32 bits per heavy atom. The first-order valence-corrected chi connectivity index (χ1v) is 6.96. The number of carboxylic acid groups (broad SMARTS) is 1. The topological polar surface area (TPSA) is 110 Å². The zero-order valence-corrected chi connectivity index (χ0v) is 12.1. The lowest BCUT2D eigenvalue weighted by Gasteiger charge is -2.12.